The number of hydrogen-bond donors (Lipinski definition) is 5. The summed E-state index contributed by atoms with van der Waals surface area (Å²) in [5.74, 6) is -10.4. The number of carbonyl (C=O) groups excluding carboxylic acids is 12. The van der Waals surface area contributed by atoms with Crippen LogP contribution < -0.4 is 21.3 Å². The number of aliphatic hydroxyl groups is 1. The van der Waals surface area contributed by atoms with Gasteiger partial charge in [0, 0.05) is 83.1 Å². The highest BCUT2D eigenvalue weighted by Crippen LogP contribution is 2.27. The molecular formula is C73H133N13O16. The highest BCUT2D eigenvalue weighted by molar-refractivity contribution is 6.00. The number of morpholine rings is 1. The minimum atomic E-state index is -1.69. The van der Waals surface area contributed by atoms with Crippen LogP contribution in [0.3, 0.4) is 0 Å². The highest BCUT2D eigenvalue weighted by atomic mass is 16.6. The van der Waals surface area contributed by atoms with E-state index in [9.17, 15) is 33.9 Å². The fraction of sp³-hybridized carbons (Fsp3) is 0.836. The van der Waals surface area contributed by atoms with Crippen molar-refractivity contribution in [3.8, 4) is 0 Å². The van der Waals surface area contributed by atoms with Crippen LogP contribution in [-0.4, -0.2) is 308 Å². The first-order valence-electron chi connectivity index (χ1n) is 37.0. The zero-order chi connectivity index (χ0) is 78.1. The van der Waals surface area contributed by atoms with Crippen molar-refractivity contribution >= 4 is 71.1 Å². The minimum absolute atomic E-state index is 0.0370. The van der Waals surface area contributed by atoms with Gasteiger partial charge in [-0.3, -0.25) is 57.6 Å². The first kappa shape index (κ1) is 91.4. The van der Waals surface area contributed by atoms with Crippen molar-refractivity contribution in [2.24, 2.45) is 35.5 Å². The molecule has 29 nitrogen and oxygen atoms in total. The molecule has 2 saturated heterocycles. The first-order chi connectivity index (χ1) is 47.5. The fourth-order valence-electron chi connectivity index (χ4n) is 13.0. The maximum absolute atomic E-state index is 15.5. The summed E-state index contributed by atoms with van der Waals surface area (Å²) in [6.45, 7) is 31.3. The van der Waals surface area contributed by atoms with Gasteiger partial charge in [-0.05, 0) is 121 Å². The van der Waals surface area contributed by atoms with Crippen molar-refractivity contribution in [3.05, 3.63) is 0 Å². The summed E-state index contributed by atoms with van der Waals surface area (Å²) < 4.78 is 17.2. The number of nitrogens with zero attached hydrogens (tertiary/aromatic N) is 9. The number of likely N-dealkylation sites (N-methyl/N-ethyl adjacent to an activating group) is 7. The number of unbranched alkanes of at least 4 members (excludes halogenated alkanes) is 3. The predicted octanol–water partition coefficient (Wildman–Crippen LogP) is 3.42. The molecule has 12 amide bonds. The van der Waals surface area contributed by atoms with E-state index in [-0.39, 0.29) is 56.7 Å². The van der Waals surface area contributed by atoms with Crippen LogP contribution in [-0.2, 0) is 67.0 Å². The summed E-state index contributed by atoms with van der Waals surface area (Å²) in [6, 6.07) is -14.5. The van der Waals surface area contributed by atoms with Gasteiger partial charge in [0.15, 0.2) is 0 Å². The molecule has 2 aliphatic heterocycles. The molecule has 14 atom stereocenters. The second-order valence-corrected chi connectivity index (χ2v) is 30.6. The predicted molar refractivity (Wildman–Crippen MR) is 390 cm³/mol. The quantitative estimate of drug-likeness (QED) is 0.0865. The molecule has 0 unspecified atom stereocenters. The van der Waals surface area contributed by atoms with E-state index in [1.165, 1.54) is 94.6 Å². The summed E-state index contributed by atoms with van der Waals surface area (Å²) in [7, 11) is 13.0. The van der Waals surface area contributed by atoms with E-state index in [0.29, 0.717) is 45.3 Å². The van der Waals surface area contributed by atoms with Crippen LogP contribution in [0.5, 0.6) is 0 Å². The molecule has 2 heterocycles. The van der Waals surface area contributed by atoms with Crippen molar-refractivity contribution in [1.29, 1.82) is 0 Å². The summed E-state index contributed by atoms with van der Waals surface area (Å²) in [4.78, 5) is 188. The zero-order valence-corrected chi connectivity index (χ0v) is 66.6. The summed E-state index contributed by atoms with van der Waals surface area (Å²) in [5, 5.41) is 23.6. The fourth-order valence-corrected chi connectivity index (χ4v) is 13.0. The second kappa shape index (κ2) is 43.5. The lowest BCUT2D eigenvalue weighted by Gasteiger charge is -2.41. The third-order valence-corrected chi connectivity index (χ3v) is 19.7. The molecule has 0 aromatic rings. The molecule has 0 radical (unpaired) electrons. The second-order valence-electron chi connectivity index (χ2n) is 30.6. The van der Waals surface area contributed by atoms with E-state index < -0.39 is 167 Å². The van der Waals surface area contributed by atoms with E-state index in [1.54, 1.807) is 62.6 Å². The van der Waals surface area contributed by atoms with Crippen LogP contribution in [0.2, 0.25) is 0 Å². The molecular weight excluding hydrogens is 1310 g/mol. The smallest absolute Gasteiger partial charge is 0.409 e. The van der Waals surface area contributed by atoms with E-state index >= 15 is 28.8 Å². The normalized spacial score (nSPS) is 26.3. The van der Waals surface area contributed by atoms with E-state index in [4.69, 9.17) is 14.2 Å². The van der Waals surface area contributed by atoms with Crippen LogP contribution in [0.4, 0.5) is 4.79 Å². The minimum Gasteiger partial charge on any atom is -0.449 e. The van der Waals surface area contributed by atoms with Crippen LogP contribution in [0, 0.1) is 35.5 Å². The number of aliphatic hydroxyl groups excluding tert-OH is 1. The Morgan fingerprint density at radius 3 is 1.50 bits per heavy atom. The van der Waals surface area contributed by atoms with Crippen LogP contribution in [0.1, 0.15) is 175 Å². The molecule has 2 aliphatic rings. The number of ether oxygens (including phenoxy) is 3. The van der Waals surface area contributed by atoms with Crippen molar-refractivity contribution < 1.29 is 76.9 Å². The Morgan fingerprint density at radius 2 is 0.980 bits per heavy atom. The molecule has 0 aromatic heterocycles. The molecule has 0 aromatic carbocycles. The van der Waals surface area contributed by atoms with E-state index in [0.717, 1.165) is 40.8 Å². The monoisotopic (exact) mass is 1450 g/mol. The maximum Gasteiger partial charge on any atom is 0.409 e. The van der Waals surface area contributed by atoms with Gasteiger partial charge in [0.25, 0.3) is 0 Å². The molecule has 0 saturated carbocycles. The summed E-state index contributed by atoms with van der Waals surface area (Å²) in [5.41, 5.74) is 0. The third kappa shape index (κ3) is 26.8. The van der Waals surface area contributed by atoms with Crippen molar-refractivity contribution in [2.45, 2.75) is 254 Å². The number of carbonyl (C=O) groups is 12. The Bertz CT molecular complexity index is 2750. The molecule has 586 valence electrons. The Kier molecular flexibility index (Phi) is 39.0. The zero-order valence-electron chi connectivity index (χ0n) is 66.6. The number of rotatable bonds is 24. The first-order valence-corrected chi connectivity index (χ1v) is 37.0. The molecule has 102 heavy (non-hydrogen) atoms. The van der Waals surface area contributed by atoms with Gasteiger partial charge in [0.05, 0.1) is 32.0 Å². The number of hydrogen-bond acceptors (Lipinski definition) is 17. The van der Waals surface area contributed by atoms with Crippen molar-refractivity contribution in [2.75, 3.05) is 109 Å². The van der Waals surface area contributed by atoms with Crippen molar-refractivity contribution in [1.82, 2.24) is 65.4 Å². The Morgan fingerprint density at radius 1 is 0.500 bits per heavy atom. The molecule has 0 spiro atoms. The SMILES string of the molecule is CC[C@@H]1NC(=O)[C@H]([C@H](O)[C@H](C)CCCCCOC(=O)N(C)C)N(C)C(=O)[C@H](C(C)C)N(C)C(=O)[C@H](CC(C)C)N(C)C(=O)[C@H](CC(C)C)N(C)C(=O)[C@@H](C)NC(=O)[C@H](C)NC(=O)[C@H](CC(C)C)N(C)C(=O)[C@H](C(C)C)NC(=O)[C@H]([C@@H](C)OCCCCN2CCOCC2)N(C)C(=O)[C@@H](C)N(C)C1=O. The Balaban J connectivity index is 3.02. The molecule has 2 fully saturated rings. The van der Waals surface area contributed by atoms with Crippen molar-refractivity contribution in [3.63, 3.8) is 0 Å². The lowest BCUT2D eigenvalue weighted by Crippen LogP contribution is -2.64. The van der Waals surface area contributed by atoms with Gasteiger partial charge in [-0.1, -0.05) is 95.9 Å². The van der Waals surface area contributed by atoms with Gasteiger partial charge in [-0.15, -0.1) is 0 Å². The van der Waals surface area contributed by atoms with Gasteiger partial charge in [-0.2, -0.15) is 0 Å². The average Bonchev–Trinajstić information content (AvgIpc) is 0.803. The maximum atomic E-state index is 15.5. The van der Waals surface area contributed by atoms with Gasteiger partial charge in [0.1, 0.15) is 66.5 Å². The lowest BCUT2D eigenvalue weighted by atomic mass is 9.90. The third-order valence-electron chi connectivity index (χ3n) is 19.7. The van der Waals surface area contributed by atoms with Crippen LogP contribution in [0.15, 0.2) is 0 Å². The molecule has 2 rings (SSSR count). The highest BCUT2D eigenvalue weighted by Gasteiger charge is 2.47. The van der Waals surface area contributed by atoms with Gasteiger partial charge < -0.3 is 79.8 Å². The lowest BCUT2D eigenvalue weighted by molar-refractivity contribution is -0.157. The topological polar surface area (TPSA) is 330 Å². The standard InChI is InChI=1S/C73H133N13O16/c1-26-53-68(94)79(19)51(15)67(93)84(24)59(52(16)101-36-31-29-33-86-34-38-100-39-35-86)64(90)77-57(46(8)9)71(97)80(20)54(40-43(2)3)63(89)74-49(13)62(88)75-50(14)66(92)81(21)55(41-44(4)5)69(95)82(22)56(42-45(6)7)70(96)83(23)58(47(10)11)72(98)85(25)60(65(91)76-53)61(87)48(12)32-28-27-30-37-102-73(99)78(17)18/h43-61,87H,26-42H2,1-25H3,(H,74,89)(H,75,88)(H,76,91)(H,77,90)/t48-,49+,50-,51-,52-,53+,54+,55+,56+,57+,58+,59+,60+,61-/m1/s1. The summed E-state index contributed by atoms with van der Waals surface area (Å²) >= 11 is 0. The largest absolute Gasteiger partial charge is 0.449 e. The Labute approximate surface area is 609 Å². The number of nitrogens with one attached hydrogen (secondary N) is 4. The van der Waals surface area contributed by atoms with Crippen LogP contribution in [0.25, 0.3) is 0 Å². The molecule has 0 bridgehead atoms. The molecule has 0 aliphatic carbocycles. The molecule has 5 N–H and O–H groups in total. The van der Waals surface area contributed by atoms with E-state index in [2.05, 4.69) is 26.2 Å². The van der Waals surface area contributed by atoms with Gasteiger partial charge >= 0.3 is 6.09 Å². The molecule has 29 heteroatoms. The van der Waals surface area contributed by atoms with E-state index in [1.807, 2.05) is 41.5 Å². The summed E-state index contributed by atoms with van der Waals surface area (Å²) in [6.07, 6.45) is 0.567. The van der Waals surface area contributed by atoms with Crippen LogP contribution >= 0.6 is 0 Å². The number of amides is 12. The van der Waals surface area contributed by atoms with Gasteiger partial charge in [0.2, 0.25) is 65.0 Å². The average molecular weight is 1450 g/mol. The van der Waals surface area contributed by atoms with Gasteiger partial charge in [-0.25, -0.2) is 4.79 Å². The Hall–Kier alpha value is -6.72.